The first-order chi connectivity index (χ1) is 12.6. The zero-order valence-corrected chi connectivity index (χ0v) is 14.6. The molecule has 132 valence electrons. The molecule has 0 aliphatic carbocycles. The van der Waals surface area contributed by atoms with Gasteiger partial charge in [0.1, 0.15) is 12.4 Å². The Hall–Kier alpha value is -3.14. The minimum absolute atomic E-state index is 0.0170. The molecule has 3 rings (SSSR count). The highest BCUT2D eigenvalue weighted by molar-refractivity contribution is 5.68. The molecular weight excluding hydrogens is 326 g/mol. The first kappa shape index (κ1) is 17.7. The van der Waals surface area contributed by atoms with Crippen LogP contribution in [0.1, 0.15) is 30.4 Å². The number of benzene rings is 2. The topological polar surface area (TPSA) is 59.4 Å². The van der Waals surface area contributed by atoms with Crippen LogP contribution in [0.4, 0.5) is 0 Å². The molecule has 0 aliphatic heterocycles. The van der Waals surface area contributed by atoms with Gasteiger partial charge in [-0.25, -0.2) is 0 Å². The molecule has 1 atom stereocenters. The Balaban J connectivity index is 1.63. The summed E-state index contributed by atoms with van der Waals surface area (Å²) in [6, 6.07) is 21.6. The average molecular weight is 347 g/mol. The Labute approximate surface area is 153 Å². The third-order valence-corrected chi connectivity index (χ3v) is 4.22. The van der Waals surface area contributed by atoms with Gasteiger partial charge in [0.2, 0.25) is 0 Å². The molecule has 0 bridgehead atoms. The molecule has 4 heteroatoms. The molecule has 1 N–H and O–H groups in total. The second kappa shape index (κ2) is 8.30. The van der Waals surface area contributed by atoms with Crippen molar-refractivity contribution in [2.75, 3.05) is 0 Å². The van der Waals surface area contributed by atoms with Crippen molar-refractivity contribution in [1.29, 1.82) is 0 Å². The van der Waals surface area contributed by atoms with E-state index in [2.05, 4.69) is 11.1 Å². The summed E-state index contributed by atoms with van der Waals surface area (Å²) in [6.45, 7) is 2.37. The number of hydrogen-bond acceptors (Lipinski definition) is 3. The Kier molecular flexibility index (Phi) is 5.64. The lowest BCUT2D eigenvalue weighted by Gasteiger charge is -2.11. The summed E-state index contributed by atoms with van der Waals surface area (Å²) in [6.07, 6.45) is 1.91. The highest BCUT2D eigenvalue weighted by atomic mass is 16.5. The van der Waals surface area contributed by atoms with E-state index in [1.807, 2.05) is 67.6 Å². The maximum atomic E-state index is 10.8. The van der Waals surface area contributed by atoms with Crippen LogP contribution >= 0.6 is 0 Å². The third-order valence-electron chi connectivity index (χ3n) is 4.22. The van der Waals surface area contributed by atoms with Gasteiger partial charge >= 0.3 is 5.97 Å². The number of rotatable bonds is 7. The Morgan fingerprint density at radius 2 is 1.88 bits per heavy atom. The number of hydrogen-bond donors (Lipinski definition) is 1. The van der Waals surface area contributed by atoms with E-state index in [-0.39, 0.29) is 12.3 Å². The standard InChI is InChI=1S/C22H21NO3/c1-16(13-22(24)25)18-8-10-20(11-9-18)26-15-17-5-4-6-19(14-17)21-7-2-3-12-23-21/h2-12,14,16H,13,15H2,1H3,(H,24,25). The van der Waals surface area contributed by atoms with Crippen molar-refractivity contribution in [3.05, 3.63) is 84.1 Å². The van der Waals surface area contributed by atoms with E-state index in [1.54, 1.807) is 6.20 Å². The summed E-state index contributed by atoms with van der Waals surface area (Å²) in [5.41, 5.74) is 4.06. The maximum absolute atomic E-state index is 10.8. The predicted molar refractivity (Wildman–Crippen MR) is 101 cm³/mol. The van der Waals surface area contributed by atoms with Gasteiger partial charge in [-0.2, -0.15) is 0 Å². The lowest BCUT2D eigenvalue weighted by molar-refractivity contribution is -0.137. The lowest BCUT2D eigenvalue weighted by atomic mass is 9.98. The number of carbonyl (C=O) groups is 1. The van der Waals surface area contributed by atoms with Crippen molar-refractivity contribution in [2.45, 2.75) is 25.9 Å². The van der Waals surface area contributed by atoms with Gasteiger partial charge in [-0.05, 0) is 47.4 Å². The number of ether oxygens (including phenoxy) is 1. The molecule has 0 spiro atoms. The molecule has 2 aromatic carbocycles. The lowest BCUT2D eigenvalue weighted by Crippen LogP contribution is -2.03. The zero-order valence-electron chi connectivity index (χ0n) is 14.6. The summed E-state index contributed by atoms with van der Waals surface area (Å²) >= 11 is 0. The predicted octanol–water partition coefficient (Wildman–Crippen LogP) is 4.91. The fraction of sp³-hybridized carbons (Fsp3) is 0.182. The smallest absolute Gasteiger partial charge is 0.303 e. The molecule has 26 heavy (non-hydrogen) atoms. The van der Waals surface area contributed by atoms with Crippen LogP contribution < -0.4 is 4.74 Å². The first-order valence-electron chi connectivity index (χ1n) is 8.57. The van der Waals surface area contributed by atoms with Gasteiger partial charge in [0, 0.05) is 11.8 Å². The second-order valence-electron chi connectivity index (χ2n) is 6.27. The number of carboxylic acid groups (broad SMARTS) is 1. The summed E-state index contributed by atoms with van der Waals surface area (Å²) in [4.78, 5) is 15.2. The van der Waals surface area contributed by atoms with E-state index in [0.29, 0.717) is 6.61 Å². The maximum Gasteiger partial charge on any atom is 0.303 e. The van der Waals surface area contributed by atoms with Crippen LogP contribution in [0.5, 0.6) is 5.75 Å². The highest BCUT2D eigenvalue weighted by Gasteiger charge is 2.10. The molecule has 0 saturated carbocycles. The summed E-state index contributed by atoms with van der Waals surface area (Å²) < 4.78 is 5.86. The van der Waals surface area contributed by atoms with Crippen LogP contribution in [-0.4, -0.2) is 16.1 Å². The van der Waals surface area contributed by atoms with Crippen LogP contribution in [0.25, 0.3) is 11.3 Å². The molecule has 0 aliphatic rings. The quantitative estimate of drug-likeness (QED) is 0.660. The molecular formula is C22H21NO3. The summed E-state index contributed by atoms with van der Waals surface area (Å²) in [5.74, 6) is -0.0401. The van der Waals surface area contributed by atoms with Crippen molar-refractivity contribution < 1.29 is 14.6 Å². The van der Waals surface area contributed by atoms with Gasteiger partial charge in [-0.15, -0.1) is 0 Å². The van der Waals surface area contributed by atoms with E-state index >= 15 is 0 Å². The van der Waals surface area contributed by atoms with Crippen molar-refractivity contribution in [1.82, 2.24) is 4.98 Å². The van der Waals surface area contributed by atoms with Gasteiger partial charge in [0.15, 0.2) is 0 Å². The number of carboxylic acids is 1. The Bertz CT molecular complexity index is 860. The van der Waals surface area contributed by atoms with Gasteiger partial charge in [-0.3, -0.25) is 9.78 Å². The largest absolute Gasteiger partial charge is 0.489 e. The average Bonchev–Trinajstić information content (AvgIpc) is 2.67. The van der Waals surface area contributed by atoms with E-state index < -0.39 is 5.97 Å². The monoisotopic (exact) mass is 347 g/mol. The normalized spacial score (nSPS) is 11.7. The first-order valence-corrected chi connectivity index (χ1v) is 8.57. The number of aromatic nitrogens is 1. The summed E-state index contributed by atoms with van der Waals surface area (Å²) in [5, 5.41) is 8.89. The molecule has 1 aromatic heterocycles. The Morgan fingerprint density at radius 1 is 1.08 bits per heavy atom. The SMILES string of the molecule is CC(CC(=O)O)c1ccc(OCc2cccc(-c3ccccn3)c2)cc1. The molecule has 0 radical (unpaired) electrons. The van der Waals surface area contributed by atoms with Gasteiger partial charge in [0.25, 0.3) is 0 Å². The van der Waals surface area contributed by atoms with E-state index in [0.717, 1.165) is 28.1 Å². The second-order valence-corrected chi connectivity index (χ2v) is 6.27. The number of aliphatic carboxylic acids is 1. The Morgan fingerprint density at radius 3 is 2.58 bits per heavy atom. The van der Waals surface area contributed by atoms with Crippen molar-refractivity contribution >= 4 is 5.97 Å². The highest BCUT2D eigenvalue weighted by Crippen LogP contribution is 2.23. The van der Waals surface area contributed by atoms with E-state index in [9.17, 15) is 4.79 Å². The fourth-order valence-electron chi connectivity index (χ4n) is 2.79. The molecule has 0 fully saturated rings. The van der Waals surface area contributed by atoms with Crippen LogP contribution in [0.3, 0.4) is 0 Å². The molecule has 3 aromatic rings. The number of nitrogens with zero attached hydrogens (tertiary/aromatic N) is 1. The van der Waals surface area contributed by atoms with Crippen LogP contribution in [0.15, 0.2) is 72.9 Å². The molecule has 0 saturated heterocycles. The number of pyridine rings is 1. The van der Waals surface area contributed by atoms with Crippen LogP contribution in [-0.2, 0) is 11.4 Å². The minimum Gasteiger partial charge on any atom is -0.489 e. The van der Waals surface area contributed by atoms with E-state index in [1.165, 1.54) is 0 Å². The van der Waals surface area contributed by atoms with Crippen molar-refractivity contribution in [2.24, 2.45) is 0 Å². The van der Waals surface area contributed by atoms with Crippen LogP contribution in [0.2, 0.25) is 0 Å². The van der Waals surface area contributed by atoms with Gasteiger partial charge in [-0.1, -0.05) is 43.3 Å². The van der Waals surface area contributed by atoms with Gasteiger partial charge in [0.05, 0.1) is 12.1 Å². The van der Waals surface area contributed by atoms with Crippen molar-refractivity contribution in [3.8, 4) is 17.0 Å². The third kappa shape index (κ3) is 4.70. The zero-order chi connectivity index (χ0) is 18.4. The molecule has 4 nitrogen and oxygen atoms in total. The van der Waals surface area contributed by atoms with Gasteiger partial charge < -0.3 is 9.84 Å². The molecule has 1 unspecified atom stereocenters. The summed E-state index contributed by atoms with van der Waals surface area (Å²) in [7, 11) is 0. The minimum atomic E-state index is -0.786. The fourth-order valence-corrected chi connectivity index (χ4v) is 2.79. The van der Waals surface area contributed by atoms with E-state index in [4.69, 9.17) is 9.84 Å². The molecule has 1 heterocycles. The van der Waals surface area contributed by atoms with Crippen LogP contribution in [0, 0.1) is 0 Å². The molecule has 0 amide bonds. The van der Waals surface area contributed by atoms with Crippen molar-refractivity contribution in [3.63, 3.8) is 0 Å².